The molecule has 0 radical (unpaired) electrons. The van der Waals surface area contributed by atoms with Crippen LogP contribution in [0.25, 0.3) is 0 Å². The number of likely N-dealkylation sites (tertiary alicyclic amines) is 1. The van der Waals surface area contributed by atoms with Crippen molar-refractivity contribution in [1.29, 1.82) is 0 Å². The number of nitrogen functional groups attached to an aromatic ring is 1. The number of nitrogens with zero attached hydrogens (tertiary/aromatic N) is 1. The Morgan fingerprint density at radius 3 is 2.58 bits per heavy atom. The summed E-state index contributed by atoms with van der Waals surface area (Å²) in [5, 5.41) is 0.411. The van der Waals surface area contributed by atoms with E-state index in [-0.39, 0.29) is 24.4 Å². The molecule has 2 rings (SSSR count). The summed E-state index contributed by atoms with van der Waals surface area (Å²) in [6, 6.07) is 4.99. The second-order valence-corrected chi connectivity index (χ2v) is 4.87. The second-order valence-electron chi connectivity index (χ2n) is 4.47. The molecular weight excluding hydrogens is 287 g/mol. The van der Waals surface area contributed by atoms with Gasteiger partial charge in [-0.3, -0.25) is 4.79 Å². The number of hydrogen-bond acceptors (Lipinski definition) is 3. The summed E-state index contributed by atoms with van der Waals surface area (Å²) in [6.45, 7) is 1.41. The Morgan fingerprint density at radius 1 is 1.42 bits per heavy atom. The highest BCUT2D eigenvalue weighted by Gasteiger charge is 2.24. The third-order valence-corrected chi connectivity index (χ3v) is 3.60. The molecule has 0 saturated carbocycles. The van der Waals surface area contributed by atoms with Gasteiger partial charge in [0.1, 0.15) is 0 Å². The SMILES string of the molecule is COC1CCN(C(=O)c2ccc(N)cc2Cl)CC1.Cl. The van der Waals surface area contributed by atoms with E-state index in [0.717, 1.165) is 12.8 Å². The molecule has 0 aromatic heterocycles. The minimum Gasteiger partial charge on any atom is -0.399 e. The molecule has 1 aliphatic rings. The van der Waals surface area contributed by atoms with Gasteiger partial charge in [0.25, 0.3) is 5.91 Å². The number of amides is 1. The molecule has 1 aromatic rings. The highest BCUT2D eigenvalue weighted by Crippen LogP contribution is 2.22. The summed E-state index contributed by atoms with van der Waals surface area (Å²) < 4.78 is 5.28. The third-order valence-electron chi connectivity index (χ3n) is 3.29. The van der Waals surface area contributed by atoms with Crippen molar-refractivity contribution >= 4 is 35.6 Å². The zero-order valence-electron chi connectivity index (χ0n) is 10.8. The van der Waals surface area contributed by atoms with E-state index in [0.29, 0.717) is 29.4 Å². The van der Waals surface area contributed by atoms with Gasteiger partial charge in [0.15, 0.2) is 0 Å². The fourth-order valence-electron chi connectivity index (χ4n) is 2.17. The molecule has 1 heterocycles. The average molecular weight is 305 g/mol. The largest absolute Gasteiger partial charge is 0.399 e. The van der Waals surface area contributed by atoms with Crippen LogP contribution in [0.5, 0.6) is 0 Å². The number of anilines is 1. The van der Waals surface area contributed by atoms with Crippen LogP contribution >= 0.6 is 24.0 Å². The summed E-state index contributed by atoms with van der Waals surface area (Å²) in [7, 11) is 1.71. The number of carbonyl (C=O) groups excluding carboxylic acids is 1. The molecule has 0 aliphatic carbocycles. The van der Waals surface area contributed by atoms with Gasteiger partial charge >= 0.3 is 0 Å². The topological polar surface area (TPSA) is 55.6 Å². The fraction of sp³-hybridized carbons (Fsp3) is 0.462. The van der Waals surface area contributed by atoms with E-state index in [2.05, 4.69) is 0 Å². The third kappa shape index (κ3) is 3.75. The number of hydrogen-bond donors (Lipinski definition) is 1. The highest BCUT2D eigenvalue weighted by molar-refractivity contribution is 6.34. The van der Waals surface area contributed by atoms with Crippen LogP contribution < -0.4 is 5.73 Å². The van der Waals surface area contributed by atoms with Crippen molar-refractivity contribution in [2.45, 2.75) is 18.9 Å². The summed E-state index contributed by atoms with van der Waals surface area (Å²) in [6.07, 6.45) is 2.00. The average Bonchev–Trinajstić information content (AvgIpc) is 2.38. The Morgan fingerprint density at radius 2 is 2.05 bits per heavy atom. The molecule has 1 aliphatic heterocycles. The van der Waals surface area contributed by atoms with E-state index in [1.807, 2.05) is 4.90 Å². The second kappa shape index (κ2) is 6.98. The van der Waals surface area contributed by atoms with Crippen LogP contribution in [0.15, 0.2) is 18.2 Å². The maximum absolute atomic E-state index is 12.3. The Kier molecular flexibility index (Phi) is 5.91. The number of halogens is 2. The van der Waals surface area contributed by atoms with Gasteiger partial charge in [-0.25, -0.2) is 0 Å². The number of nitrogens with two attached hydrogens (primary N) is 1. The van der Waals surface area contributed by atoms with Crippen molar-refractivity contribution in [3.63, 3.8) is 0 Å². The van der Waals surface area contributed by atoms with Crippen molar-refractivity contribution in [2.24, 2.45) is 0 Å². The van der Waals surface area contributed by atoms with E-state index in [1.54, 1.807) is 25.3 Å². The lowest BCUT2D eigenvalue weighted by molar-refractivity contribution is 0.0351. The van der Waals surface area contributed by atoms with Crippen LogP contribution in [-0.4, -0.2) is 37.1 Å². The Balaban J connectivity index is 0.00000180. The summed E-state index contributed by atoms with van der Waals surface area (Å²) in [5.74, 6) is -0.0328. The Labute approximate surface area is 124 Å². The first kappa shape index (κ1) is 16.1. The van der Waals surface area contributed by atoms with Crippen LogP contribution in [-0.2, 0) is 4.74 Å². The van der Waals surface area contributed by atoms with Crippen LogP contribution in [0.2, 0.25) is 5.02 Å². The number of piperidine rings is 1. The summed E-state index contributed by atoms with van der Waals surface area (Å²) in [5.41, 5.74) is 6.70. The number of ether oxygens (including phenoxy) is 1. The smallest absolute Gasteiger partial charge is 0.255 e. The van der Waals surface area contributed by atoms with Crippen LogP contribution in [0.3, 0.4) is 0 Å². The van der Waals surface area contributed by atoms with Crippen LogP contribution in [0.1, 0.15) is 23.2 Å². The first-order chi connectivity index (χ1) is 8.61. The van der Waals surface area contributed by atoms with Crippen molar-refractivity contribution in [1.82, 2.24) is 4.90 Å². The number of carbonyl (C=O) groups is 1. The molecule has 19 heavy (non-hydrogen) atoms. The summed E-state index contributed by atoms with van der Waals surface area (Å²) in [4.78, 5) is 14.1. The normalized spacial score (nSPS) is 16.0. The number of methoxy groups -OCH3 is 1. The van der Waals surface area contributed by atoms with Crippen LogP contribution in [0, 0.1) is 0 Å². The fourth-order valence-corrected chi connectivity index (χ4v) is 2.44. The molecule has 1 aromatic carbocycles. The van der Waals surface area contributed by atoms with Crippen LogP contribution in [0.4, 0.5) is 5.69 Å². The van der Waals surface area contributed by atoms with E-state index in [1.165, 1.54) is 0 Å². The lowest BCUT2D eigenvalue weighted by Gasteiger charge is -2.31. The monoisotopic (exact) mass is 304 g/mol. The van der Waals surface area contributed by atoms with Gasteiger partial charge in [-0.2, -0.15) is 0 Å². The maximum atomic E-state index is 12.3. The van der Waals surface area contributed by atoms with E-state index >= 15 is 0 Å². The molecule has 1 amide bonds. The molecule has 2 N–H and O–H groups in total. The predicted molar refractivity (Wildman–Crippen MR) is 79.0 cm³/mol. The predicted octanol–water partition coefficient (Wildman–Crippen LogP) is 2.60. The van der Waals surface area contributed by atoms with Crippen molar-refractivity contribution in [3.05, 3.63) is 28.8 Å². The standard InChI is InChI=1S/C13H17ClN2O2.ClH/c1-18-10-4-6-16(7-5-10)13(17)11-3-2-9(15)8-12(11)14;/h2-3,8,10H,4-7,15H2,1H3;1H. The maximum Gasteiger partial charge on any atom is 0.255 e. The lowest BCUT2D eigenvalue weighted by atomic mass is 10.1. The van der Waals surface area contributed by atoms with E-state index in [9.17, 15) is 4.79 Å². The molecule has 0 unspecified atom stereocenters. The molecule has 0 spiro atoms. The van der Waals surface area contributed by atoms with Gasteiger partial charge in [0.2, 0.25) is 0 Å². The molecule has 1 fully saturated rings. The van der Waals surface area contributed by atoms with Crippen molar-refractivity contribution < 1.29 is 9.53 Å². The molecule has 6 heteroatoms. The van der Waals surface area contributed by atoms with E-state index in [4.69, 9.17) is 22.1 Å². The molecule has 106 valence electrons. The quantitative estimate of drug-likeness (QED) is 0.855. The van der Waals surface area contributed by atoms with E-state index < -0.39 is 0 Å². The highest BCUT2D eigenvalue weighted by atomic mass is 35.5. The molecule has 0 bridgehead atoms. The molecule has 4 nitrogen and oxygen atoms in total. The minimum atomic E-state index is -0.0328. The number of rotatable bonds is 2. The van der Waals surface area contributed by atoms with Crippen molar-refractivity contribution in [3.8, 4) is 0 Å². The van der Waals surface area contributed by atoms with Gasteiger partial charge in [-0.1, -0.05) is 11.6 Å². The zero-order chi connectivity index (χ0) is 13.1. The number of benzene rings is 1. The van der Waals surface area contributed by atoms with Crippen molar-refractivity contribution in [2.75, 3.05) is 25.9 Å². The summed E-state index contributed by atoms with van der Waals surface area (Å²) >= 11 is 6.05. The Hall–Kier alpha value is -0.970. The lowest BCUT2D eigenvalue weighted by Crippen LogP contribution is -2.40. The minimum absolute atomic E-state index is 0. The van der Waals surface area contributed by atoms with Gasteiger partial charge < -0.3 is 15.4 Å². The van der Waals surface area contributed by atoms with Gasteiger partial charge in [0, 0.05) is 25.9 Å². The molecular formula is C13H18Cl2N2O2. The van der Waals surface area contributed by atoms with Gasteiger partial charge in [-0.15, -0.1) is 12.4 Å². The zero-order valence-corrected chi connectivity index (χ0v) is 12.3. The first-order valence-corrected chi connectivity index (χ1v) is 6.36. The van der Waals surface area contributed by atoms with Gasteiger partial charge in [-0.05, 0) is 31.0 Å². The Bertz CT molecular complexity index is 446. The first-order valence-electron chi connectivity index (χ1n) is 5.99. The molecule has 1 saturated heterocycles. The molecule has 0 atom stereocenters. The van der Waals surface area contributed by atoms with Gasteiger partial charge in [0.05, 0.1) is 16.7 Å².